The van der Waals surface area contributed by atoms with E-state index in [4.69, 9.17) is 0 Å². The maximum atomic E-state index is 13.1. The number of piperidine rings is 3. The molecule has 2 N–H and O–H groups in total. The maximum absolute atomic E-state index is 13.1. The molecular formula is C27H35N5O5. The van der Waals surface area contributed by atoms with Crippen LogP contribution in [0.4, 0.5) is 5.69 Å². The summed E-state index contributed by atoms with van der Waals surface area (Å²) in [6.07, 6.45) is 5.05. The average Bonchev–Trinajstić information content (AvgIpc) is 3.16. The van der Waals surface area contributed by atoms with Crippen LogP contribution in [-0.4, -0.2) is 85.1 Å². The highest BCUT2D eigenvalue weighted by atomic mass is 16.2. The number of nitrogens with zero attached hydrogens (tertiary/aromatic N) is 3. The Bertz CT molecular complexity index is 1100. The van der Waals surface area contributed by atoms with Crippen LogP contribution in [0.3, 0.4) is 0 Å². The van der Waals surface area contributed by atoms with Gasteiger partial charge in [-0.2, -0.15) is 0 Å². The standard InChI is InChI=1S/C27H35N5O5/c1-28-11-6-17-7-12-31(13-8-17)25(35)18-9-14-30(15-10-18)19-2-3-20-21(16-19)27(37)32(26(20)36)22-4-5-23(33)29-24(22)34/h2-3,16-18,22,28H,4-15H2,1H3,(H,29,33,34). The van der Waals surface area contributed by atoms with Crippen LogP contribution >= 0.6 is 0 Å². The summed E-state index contributed by atoms with van der Waals surface area (Å²) >= 11 is 0. The number of likely N-dealkylation sites (tertiary alicyclic amines) is 1. The Labute approximate surface area is 216 Å². The van der Waals surface area contributed by atoms with Crippen molar-refractivity contribution in [1.82, 2.24) is 20.4 Å². The van der Waals surface area contributed by atoms with Gasteiger partial charge in [0, 0.05) is 44.2 Å². The summed E-state index contributed by atoms with van der Waals surface area (Å²) in [7, 11) is 1.97. The molecule has 4 aliphatic heterocycles. The van der Waals surface area contributed by atoms with E-state index in [0.717, 1.165) is 62.3 Å². The Hall–Kier alpha value is -3.27. The largest absolute Gasteiger partial charge is 0.371 e. The predicted molar refractivity (Wildman–Crippen MR) is 136 cm³/mol. The molecule has 37 heavy (non-hydrogen) atoms. The molecule has 0 saturated carbocycles. The fraction of sp³-hybridized carbons (Fsp3) is 0.593. The van der Waals surface area contributed by atoms with E-state index in [1.807, 2.05) is 18.0 Å². The molecule has 0 radical (unpaired) electrons. The first-order valence-corrected chi connectivity index (χ1v) is 13.4. The Kier molecular flexibility index (Phi) is 7.28. The van der Waals surface area contributed by atoms with Gasteiger partial charge in [0.1, 0.15) is 6.04 Å². The van der Waals surface area contributed by atoms with Gasteiger partial charge in [0.05, 0.1) is 11.1 Å². The van der Waals surface area contributed by atoms with Crippen LogP contribution in [0.25, 0.3) is 0 Å². The lowest BCUT2D eigenvalue weighted by Gasteiger charge is -2.38. The monoisotopic (exact) mass is 509 g/mol. The van der Waals surface area contributed by atoms with E-state index < -0.39 is 29.7 Å². The van der Waals surface area contributed by atoms with Gasteiger partial charge in [-0.15, -0.1) is 0 Å². The summed E-state index contributed by atoms with van der Waals surface area (Å²) in [6, 6.07) is 4.23. The number of benzene rings is 1. The van der Waals surface area contributed by atoms with Gasteiger partial charge < -0.3 is 15.1 Å². The number of nitrogens with one attached hydrogen (secondary N) is 2. The van der Waals surface area contributed by atoms with Gasteiger partial charge >= 0.3 is 0 Å². The molecule has 1 aromatic rings. The predicted octanol–water partition coefficient (Wildman–Crippen LogP) is 1.15. The topological polar surface area (TPSA) is 119 Å². The molecule has 3 saturated heterocycles. The van der Waals surface area contributed by atoms with E-state index in [1.165, 1.54) is 0 Å². The lowest BCUT2D eigenvalue weighted by Crippen LogP contribution is -2.54. The smallest absolute Gasteiger partial charge is 0.262 e. The summed E-state index contributed by atoms with van der Waals surface area (Å²) in [5.74, 6) is -1.03. The summed E-state index contributed by atoms with van der Waals surface area (Å²) < 4.78 is 0. The van der Waals surface area contributed by atoms with Gasteiger partial charge in [0.2, 0.25) is 17.7 Å². The van der Waals surface area contributed by atoms with Gasteiger partial charge in [-0.1, -0.05) is 0 Å². The second-order valence-corrected chi connectivity index (χ2v) is 10.6. The van der Waals surface area contributed by atoms with Crippen molar-refractivity contribution in [1.29, 1.82) is 0 Å². The van der Waals surface area contributed by atoms with Crippen LogP contribution in [0.15, 0.2) is 18.2 Å². The fourth-order valence-corrected chi connectivity index (χ4v) is 6.09. The quantitative estimate of drug-likeness (QED) is 0.552. The van der Waals surface area contributed by atoms with Crippen molar-refractivity contribution < 1.29 is 24.0 Å². The van der Waals surface area contributed by atoms with Crippen LogP contribution < -0.4 is 15.5 Å². The lowest BCUT2D eigenvalue weighted by molar-refractivity contribution is -0.138. The van der Waals surface area contributed by atoms with E-state index in [1.54, 1.807) is 12.1 Å². The zero-order valence-corrected chi connectivity index (χ0v) is 21.3. The second kappa shape index (κ2) is 10.6. The number of hydrogen-bond donors (Lipinski definition) is 2. The highest BCUT2D eigenvalue weighted by molar-refractivity contribution is 6.23. The van der Waals surface area contributed by atoms with Crippen LogP contribution in [0, 0.1) is 11.8 Å². The molecule has 0 bridgehead atoms. The number of hydrogen-bond acceptors (Lipinski definition) is 7. The Morgan fingerprint density at radius 1 is 0.946 bits per heavy atom. The number of imide groups is 2. The first-order valence-electron chi connectivity index (χ1n) is 13.4. The van der Waals surface area contributed by atoms with Crippen LogP contribution in [0.5, 0.6) is 0 Å². The molecule has 5 amide bonds. The Morgan fingerprint density at radius 2 is 1.65 bits per heavy atom. The van der Waals surface area contributed by atoms with E-state index >= 15 is 0 Å². The lowest BCUT2D eigenvalue weighted by atomic mass is 9.90. The third kappa shape index (κ3) is 4.99. The third-order valence-electron chi connectivity index (χ3n) is 8.36. The fourth-order valence-electron chi connectivity index (χ4n) is 6.09. The molecule has 3 fully saturated rings. The summed E-state index contributed by atoms with van der Waals surface area (Å²) in [5, 5.41) is 5.43. The zero-order chi connectivity index (χ0) is 26.1. The van der Waals surface area contributed by atoms with Gasteiger partial charge in [0.15, 0.2) is 0 Å². The van der Waals surface area contributed by atoms with Crippen molar-refractivity contribution in [3.63, 3.8) is 0 Å². The van der Waals surface area contributed by atoms with Crippen molar-refractivity contribution in [3.8, 4) is 0 Å². The molecule has 4 heterocycles. The van der Waals surface area contributed by atoms with Crippen molar-refractivity contribution in [2.75, 3.05) is 44.7 Å². The van der Waals surface area contributed by atoms with Crippen LogP contribution in [0.1, 0.15) is 65.7 Å². The molecule has 10 heteroatoms. The van der Waals surface area contributed by atoms with Crippen molar-refractivity contribution in [3.05, 3.63) is 29.3 Å². The number of rotatable bonds is 6. The third-order valence-corrected chi connectivity index (χ3v) is 8.36. The molecule has 1 aromatic carbocycles. The van der Waals surface area contributed by atoms with Gasteiger partial charge in [-0.25, -0.2) is 0 Å². The molecule has 198 valence electrons. The minimum absolute atomic E-state index is 0.0192. The summed E-state index contributed by atoms with van der Waals surface area (Å²) in [4.78, 5) is 68.2. The molecule has 0 aliphatic carbocycles. The van der Waals surface area contributed by atoms with Crippen molar-refractivity contribution in [2.24, 2.45) is 11.8 Å². The average molecular weight is 510 g/mol. The van der Waals surface area contributed by atoms with Crippen LogP contribution in [-0.2, 0) is 14.4 Å². The molecule has 1 atom stereocenters. The van der Waals surface area contributed by atoms with E-state index in [2.05, 4.69) is 15.5 Å². The number of amides is 5. The molecule has 4 aliphatic rings. The molecule has 10 nitrogen and oxygen atoms in total. The SMILES string of the molecule is CNCCC1CCN(C(=O)C2CCN(c3ccc4c(c3)C(=O)N(C3CCC(=O)NC3=O)C4=O)CC2)CC1. The van der Waals surface area contributed by atoms with Crippen molar-refractivity contribution >= 4 is 35.2 Å². The van der Waals surface area contributed by atoms with E-state index in [-0.39, 0.29) is 35.8 Å². The molecule has 1 unspecified atom stereocenters. The minimum atomic E-state index is -0.969. The van der Waals surface area contributed by atoms with Gasteiger partial charge in [0.25, 0.3) is 11.8 Å². The number of carbonyl (C=O) groups excluding carboxylic acids is 5. The van der Waals surface area contributed by atoms with Gasteiger partial charge in [-0.3, -0.25) is 34.2 Å². The number of fused-ring (bicyclic) bond motifs is 1. The number of anilines is 1. The normalized spacial score (nSPS) is 23.5. The summed E-state index contributed by atoms with van der Waals surface area (Å²) in [6.45, 7) is 4.12. The second-order valence-electron chi connectivity index (χ2n) is 10.6. The number of carbonyl (C=O) groups is 5. The Balaban J connectivity index is 1.18. The van der Waals surface area contributed by atoms with E-state index in [0.29, 0.717) is 19.0 Å². The molecule has 5 rings (SSSR count). The van der Waals surface area contributed by atoms with Crippen LogP contribution in [0.2, 0.25) is 0 Å². The highest BCUT2D eigenvalue weighted by Crippen LogP contribution is 2.33. The maximum Gasteiger partial charge on any atom is 0.262 e. The molecule has 0 spiro atoms. The summed E-state index contributed by atoms with van der Waals surface area (Å²) in [5.41, 5.74) is 1.40. The van der Waals surface area contributed by atoms with E-state index in [9.17, 15) is 24.0 Å². The Morgan fingerprint density at radius 3 is 2.32 bits per heavy atom. The first kappa shape index (κ1) is 25.4. The first-order chi connectivity index (χ1) is 17.9. The van der Waals surface area contributed by atoms with Gasteiger partial charge in [-0.05, 0) is 76.2 Å². The zero-order valence-electron chi connectivity index (χ0n) is 21.3. The van der Waals surface area contributed by atoms with Crippen molar-refractivity contribution in [2.45, 2.75) is 51.0 Å². The highest BCUT2D eigenvalue weighted by Gasteiger charge is 2.45. The minimum Gasteiger partial charge on any atom is -0.371 e. The molecular weight excluding hydrogens is 474 g/mol. The molecule has 0 aromatic heterocycles.